The van der Waals surface area contributed by atoms with Crippen LogP contribution in [0.4, 0.5) is 5.95 Å². The highest BCUT2D eigenvalue weighted by molar-refractivity contribution is 5.38. The van der Waals surface area contributed by atoms with Gasteiger partial charge < -0.3 is 10.3 Å². The lowest BCUT2D eigenvalue weighted by molar-refractivity contribution is 0.789. The number of rotatable bonds is 4. The summed E-state index contributed by atoms with van der Waals surface area (Å²) in [5.41, 5.74) is 1.88. The minimum absolute atomic E-state index is 0.590. The third-order valence-corrected chi connectivity index (χ3v) is 2.46. The number of H-pyrrole nitrogens is 1. The minimum Gasteiger partial charge on any atom is -0.347 e. The number of imidazole rings is 1. The van der Waals surface area contributed by atoms with E-state index in [0.717, 1.165) is 11.4 Å². The normalized spacial score (nSPS) is 10.4. The average Bonchev–Trinajstić information content (AvgIpc) is 3.09. The predicted molar refractivity (Wildman–Crippen MR) is 65.1 cm³/mol. The second-order valence-corrected chi connectivity index (χ2v) is 3.68. The Morgan fingerprint density at radius 1 is 1.22 bits per heavy atom. The van der Waals surface area contributed by atoms with Crippen LogP contribution in [0.1, 0.15) is 5.69 Å². The largest absolute Gasteiger partial charge is 0.347 e. The number of para-hydroxylation sites is 1. The summed E-state index contributed by atoms with van der Waals surface area (Å²) in [7, 11) is 0. The molecule has 2 aromatic heterocycles. The molecule has 18 heavy (non-hydrogen) atoms. The molecule has 0 amide bonds. The van der Waals surface area contributed by atoms with E-state index in [2.05, 4.69) is 30.8 Å². The highest BCUT2D eigenvalue weighted by atomic mass is 15.6. The fourth-order valence-electron chi connectivity index (χ4n) is 1.60. The van der Waals surface area contributed by atoms with E-state index in [1.54, 1.807) is 17.2 Å². The number of hydrogen-bond donors (Lipinski definition) is 2. The highest BCUT2D eigenvalue weighted by Crippen LogP contribution is 2.10. The zero-order valence-electron chi connectivity index (χ0n) is 9.48. The van der Waals surface area contributed by atoms with Gasteiger partial charge >= 0.3 is 0 Å². The van der Waals surface area contributed by atoms with E-state index in [4.69, 9.17) is 0 Å². The van der Waals surface area contributed by atoms with Crippen molar-refractivity contribution in [2.45, 2.75) is 6.54 Å². The van der Waals surface area contributed by atoms with E-state index in [1.807, 2.05) is 30.3 Å². The van der Waals surface area contributed by atoms with Gasteiger partial charge in [0, 0.05) is 6.20 Å². The second-order valence-electron chi connectivity index (χ2n) is 3.68. The van der Waals surface area contributed by atoms with Crippen LogP contribution >= 0.6 is 0 Å². The number of aromatic amines is 1. The van der Waals surface area contributed by atoms with Crippen molar-refractivity contribution < 1.29 is 0 Å². The molecular weight excluding hydrogens is 230 g/mol. The maximum atomic E-state index is 3.95. The summed E-state index contributed by atoms with van der Waals surface area (Å²) in [6.45, 7) is 0.590. The molecule has 0 atom stereocenters. The summed E-state index contributed by atoms with van der Waals surface area (Å²) in [6.07, 6.45) is 3.39. The van der Waals surface area contributed by atoms with Crippen molar-refractivity contribution in [1.82, 2.24) is 30.2 Å². The van der Waals surface area contributed by atoms with Gasteiger partial charge in [0.05, 0.1) is 24.3 Å². The lowest BCUT2D eigenvalue weighted by atomic mass is 10.3. The Balaban J connectivity index is 1.80. The minimum atomic E-state index is 0.590. The van der Waals surface area contributed by atoms with Gasteiger partial charge in [0.1, 0.15) is 0 Å². The predicted octanol–water partition coefficient (Wildman–Crippen LogP) is 0.997. The molecule has 0 fully saturated rings. The number of benzene rings is 1. The Hall–Kier alpha value is -2.70. The van der Waals surface area contributed by atoms with Crippen molar-refractivity contribution in [1.29, 1.82) is 0 Å². The first kappa shape index (κ1) is 10.5. The molecule has 0 unspecified atom stereocenters. The number of nitrogens with one attached hydrogen (secondary N) is 2. The maximum absolute atomic E-state index is 3.95. The second kappa shape index (κ2) is 4.66. The van der Waals surface area contributed by atoms with Gasteiger partial charge in [-0.15, -0.1) is 0 Å². The van der Waals surface area contributed by atoms with Crippen molar-refractivity contribution in [3.05, 3.63) is 48.5 Å². The summed E-state index contributed by atoms with van der Waals surface area (Å²) in [5.74, 6) is 0.593. The number of aromatic nitrogens is 6. The molecule has 0 saturated heterocycles. The van der Waals surface area contributed by atoms with E-state index in [1.165, 1.54) is 0 Å². The van der Waals surface area contributed by atoms with Crippen molar-refractivity contribution in [2.24, 2.45) is 0 Å². The van der Waals surface area contributed by atoms with Crippen LogP contribution in [-0.4, -0.2) is 30.2 Å². The zero-order valence-corrected chi connectivity index (χ0v) is 9.48. The van der Waals surface area contributed by atoms with E-state index < -0.39 is 0 Å². The van der Waals surface area contributed by atoms with E-state index >= 15 is 0 Å². The molecule has 0 bridgehead atoms. The molecule has 2 N–H and O–H groups in total. The molecule has 90 valence electrons. The lowest BCUT2D eigenvalue weighted by Gasteiger charge is -2.05. The monoisotopic (exact) mass is 241 g/mol. The van der Waals surface area contributed by atoms with E-state index in [-0.39, 0.29) is 0 Å². The number of tetrazole rings is 1. The molecule has 0 radical (unpaired) electrons. The van der Waals surface area contributed by atoms with Gasteiger partial charge in [-0.1, -0.05) is 23.3 Å². The van der Waals surface area contributed by atoms with Crippen LogP contribution < -0.4 is 5.32 Å². The van der Waals surface area contributed by atoms with Crippen LogP contribution in [0.5, 0.6) is 0 Å². The van der Waals surface area contributed by atoms with Gasteiger partial charge in [-0.25, -0.2) is 4.98 Å². The van der Waals surface area contributed by atoms with Gasteiger partial charge in [0.2, 0.25) is 5.95 Å². The molecule has 3 aromatic rings. The average molecular weight is 241 g/mol. The number of anilines is 1. The Labute approximate surface area is 103 Å². The standard InChI is InChI=1S/C11H11N7/c1-2-4-10(5-3-1)18-11(15-16-17-18)13-7-9-6-12-8-14-9/h1-6,8H,7H2,(H,12,14)(H,13,15,17). The maximum Gasteiger partial charge on any atom is 0.248 e. The number of hydrogen-bond acceptors (Lipinski definition) is 5. The van der Waals surface area contributed by atoms with E-state index in [9.17, 15) is 0 Å². The summed E-state index contributed by atoms with van der Waals surface area (Å²) >= 11 is 0. The van der Waals surface area contributed by atoms with Gasteiger partial charge in [0.25, 0.3) is 0 Å². The van der Waals surface area contributed by atoms with Crippen LogP contribution in [0, 0.1) is 0 Å². The van der Waals surface area contributed by atoms with Crippen LogP contribution in [0.15, 0.2) is 42.9 Å². The lowest BCUT2D eigenvalue weighted by Crippen LogP contribution is -2.07. The van der Waals surface area contributed by atoms with Crippen LogP contribution in [0.2, 0.25) is 0 Å². The van der Waals surface area contributed by atoms with Gasteiger partial charge in [0.15, 0.2) is 0 Å². The molecule has 7 heteroatoms. The summed E-state index contributed by atoms with van der Waals surface area (Å²) in [4.78, 5) is 6.96. The summed E-state index contributed by atoms with van der Waals surface area (Å²) < 4.78 is 1.65. The zero-order chi connectivity index (χ0) is 12.2. The number of nitrogens with zero attached hydrogens (tertiary/aromatic N) is 5. The van der Waals surface area contributed by atoms with Crippen molar-refractivity contribution in [3.8, 4) is 5.69 Å². The smallest absolute Gasteiger partial charge is 0.248 e. The van der Waals surface area contributed by atoms with Gasteiger partial charge in [-0.2, -0.15) is 4.68 Å². The molecule has 1 aromatic carbocycles. The topological polar surface area (TPSA) is 84.3 Å². The third-order valence-electron chi connectivity index (χ3n) is 2.46. The molecular formula is C11H11N7. The fourth-order valence-corrected chi connectivity index (χ4v) is 1.60. The summed E-state index contributed by atoms with van der Waals surface area (Å²) in [6, 6.07) is 9.71. The molecule has 2 heterocycles. The van der Waals surface area contributed by atoms with Crippen LogP contribution in [-0.2, 0) is 6.54 Å². The molecule has 7 nitrogen and oxygen atoms in total. The van der Waals surface area contributed by atoms with Crippen molar-refractivity contribution in [2.75, 3.05) is 5.32 Å². The van der Waals surface area contributed by atoms with Crippen LogP contribution in [0.3, 0.4) is 0 Å². The molecule has 0 aliphatic heterocycles. The Bertz CT molecular complexity index is 599. The summed E-state index contributed by atoms with van der Waals surface area (Å²) in [5, 5.41) is 14.7. The van der Waals surface area contributed by atoms with Crippen molar-refractivity contribution >= 4 is 5.95 Å². The first-order valence-electron chi connectivity index (χ1n) is 5.48. The van der Waals surface area contributed by atoms with Gasteiger partial charge in [-0.05, 0) is 22.6 Å². The first-order chi connectivity index (χ1) is 8.93. The molecule has 0 aliphatic rings. The third kappa shape index (κ3) is 2.05. The Morgan fingerprint density at radius 2 is 2.11 bits per heavy atom. The Morgan fingerprint density at radius 3 is 2.89 bits per heavy atom. The first-order valence-corrected chi connectivity index (χ1v) is 5.48. The molecule has 0 aliphatic carbocycles. The van der Waals surface area contributed by atoms with Gasteiger partial charge in [-0.3, -0.25) is 0 Å². The fraction of sp³-hybridized carbons (Fsp3) is 0.0909. The van der Waals surface area contributed by atoms with Crippen LogP contribution in [0.25, 0.3) is 5.69 Å². The Kier molecular flexibility index (Phi) is 2.71. The molecule has 3 rings (SSSR count). The van der Waals surface area contributed by atoms with E-state index in [0.29, 0.717) is 12.5 Å². The highest BCUT2D eigenvalue weighted by Gasteiger charge is 2.07. The molecule has 0 saturated carbocycles. The SMILES string of the molecule is c1ccc(-n2nnnc2NCc2cnc[nH]2)cc1. The quantitative estimate of drug-likeness (QED) is 0.711. The molecule has 0 spiro atoms. The van der Waals surface area contributed by atoms with Crippen molar-refractivity contribution in [3.63, 3.8) is 0 Å².